The van der Waals surface area contributed by atoms with Crippen molar-refractivity contribution in [3.05, 3.63) is 47.2 Å². The van der Waals surface area contributed by atoms with E-state index in [1.165, 1.54) is 0 Å². The SMILES string of the molecule is O=C(NCCc1cc(Cl)c2c(c1)OCCO2)N1CCN(c2ccncc2)CC1. The molecule has 2 aromatic rings. The molecule has 0 radical (unpaired) electrons. The van der Waals surface area contributed by atoms with Gasteiger partial charge in [0.25, 0.3) is 0 Å². The van der Waals surface area contributed by atoms with Crippen LogP contribution in [0.25, 0.3) is 0 Å². The molecule has 0 spiro atoms. The number of halogens is 1. The number of piperazine rings is 1. The van der Waals surface area contributed by atoms with Gasteiger partial charge in [0.15, 0.2) is 11.5 Å². The van der Waals surface area contributed by atoms with Gasteiger partial charge in [-0.1, -0.05) is 11.6 Å². The Morgan fingerprint density at radius 3 is 2.64 bits per heavy atom. The summed E-state index contributed by atoms with van der Waals surface area (Å²) >= 11 is 6.27. The molecule has 0 atom stereocenters. The van der Waals surface area contributed by atoms with Crippen LogP contribution in [-0.2, 0) is 6.42 Å². The van der Waals surface area contributed by atoms with Gasteiger partial charge in [0, 0.05) is 50.8 Å². The summed E-state index contributed by atoms with van der Waals surface area (Å²) in [7, 11) is 0. The maximum Gasteiger partial charge on any atom is 0.317 e. The minimum Gasteiger partial charge on any atom is -0.486 e. The summed E-state index contributed by atoms with van der Waals surface area (Å²) in [6, 6.07) is 7.76. The van der Waals surface area contributed by atoms with E-state index in [4.69, 9.17) is 21.1 Å². The number of urea groups is 1. The summed E-state index contributed by atoms with van der Waals surface area (Å²) < 4.78 is 11.1. The van der Waals surface area contributed by atoms with Gasteiger partial charge in [-0.3, -0.25) is 4.98 Å². The minimum atomic E-state index is -0.0296. The fraction of sp³-hybridized carbons (Fsp3) is 0.400. The first kappa shape index (κ1) is 18.7. The predicted octanol–water partition coefficient (Wildman–Crippen LogP) is 2.58. The molecule has 4 rings (SSSR count). The van der Waals surface area contributed by atoms with Crippen molar-refractivity contribution in [1.29, 1.82) is 0 Å². The maximum absolute atomic E-state index is 12.4. The van der Waals surface area contributed by atoms with Crippen molar-refractivity contribution >= 4 is 23.3 Å². The first-order valence-corrected chi connectivity index (χ1v) is 9.84. The molecule has 1 fully saturated rings. The van der Waals surface area contributed by atoms with E-state index < -0.39 is 0 Å². The van der Waals surface area contributed by atoms with Crippen molar-refractivity contribution in [1.82, 2.24) is 15.2 Å². The molecule has 2 amide bonds. The molecule has 1 N–H and O–H groups in total. The summed E-state index contributed by atoms with van der Waals surface area (Å²) in [4.78, 5) is 20.6. The van der Waals surface area contributed by atoms with Crippen LogP contribution in [0.2, 0.25) is 5.02 Å². The number of anilines is 1. The Morgan fingerprint density at radius 1 is 1.11 bits per heavy atom. The number of hydrogen-bond donors (Lipinski definition) is 1. The molecule has 0 saturated carbocycles. The number of pyridine rings is 1. The van der Waals surface area contributed by atoms with Gasteiger partial charge in [-0.15, -0.1) is 0 Å². The number of ether oxygens (including phenoxy) is 2. The Labute approximate surface area is 169 Å². The molecule has 1 saturated heterocycles. The van der Waals surface area contributed by atoms with Crippen LogP contribution in [0, 0.1) is 0 Å². The van der Waals surface area contributed by atoms with Gasteiger partial charge in [0.1, 0.15) is 13.2 Å². The molecule has 1 aromatic carbocycles. The number of rotatable bonds is 4. The number of nitrogens with zero attached hydrogens (tertiary/aromatic N) is 3. The fourth-order valence-electron chi connectivity index (χ4n) is 3.46. The van der Waals surface area contributed by atoms with Gasteiger partial charge in [0.2, 0.25) is 0 Å². The smallest absolute Gasteiger partial charge is 0.317 e. The summed E-state index contributed by atoms with van der Waals surface area (Å²) in [5.74, 6) is 1.28. The van der Waals surface area contributed by atoms with Gasteiger partial charge in [-0.2, -0.15) is 0 Å². The molecule has 2 aliphatic rings. The van der Waals surface area contributed by atoms with Crippen molar-refractivity contribution in [2.24, 2.45) is 0 Å². The van der Waals surface area contributed by atoms with E-state index in [1.807, 2.05) is 29.2 Å². The van der Waals surface area contributed by atoms with E-state index in [0.29, 0.717) is 55.8 Å². The summed E-state index contributed by atoms with van der Waals surface area (Å²) in [5.41, 5.74) is 2.16. The quantitative estimate of drug-likeness (QED) is 0.851. The van der Waals surface area contributed by atoms with Gasteiger partial charge >= 0.3 is 6.03 Å². The first-order valence-electron chi connectivity index (χ1n) is 9.46. The third-order valence-electron chi connectivity index (χ3n) is 4.94. The second-order valence-electron chi connectivity index (χ2n) is 6.76. The highest BCUT2D eigenvalue weighted by Crippen LogP contribution is 2.38. The van der Waals surface area contributed by atoms with E-state index in [-0.39, 0.29) is 6.03 Å². The van der Waals surface area contributed by atoms with E-state index >= 15 is 0 Å². The predicted molar refractivity (Wildman–Crippen MR) is 108 cm³/mol. The second kappa shape index (κ2) is 8.56. The Kier molecular flexibility index (Phi) is 5.71. The number of benzene rings is 1. The Bertz CT molecular complexity index is 826. The molecule has 0 unspecified atom stereocenters. The number of carbonyl (C=O) groups is 1. The van der Waals surface area contributed by atoms with E-state index in [0.717, 1.165) is 24.3 Å². The van der Waals surface area contributed by atoms with Crippen LogP contribution in [-0.4, -0.2) is 61.9 Å². The number of fused-ring (bicyclic) bond motifs is 1. The molecular weight excluding hydrogens is 380 g/mol. The zero-order chi connectivity index (χ0) is 19.3. The minimum absolute atomic E-state index is 0.0296. The lowest BCUT2D eigenvalue weighted by molar-refractivity contribution is 0.171. The van der Waals surface area contributed by atoms with Crippen molar-refractivity contribution in [2.45, 2.75) is 6.42 Å². The van der Waals surface area contributed by atoms with Crippen LogP contribution in [0.3, 0.4) is 0 Å². The molecule has 2 aliphatic heterocycles. The van der Waals surface area contributed by atoms with E-state index in [9.17, 15) is 4.79 Å². The maximum atomic E-state index is 12.4. The highest BCUT2D eigenvalue weighted by molar-refractivity contribution is 6.32. The van der Waals surface area contributed by atoms with Crippen LogP contribution in [0.5, 0.6) is 11.5 Å². The standard InChI is InChI=1S/C20H23ClN4O3/c21-17-13-15(14-18-19(17)28-12-11-27-18)1-6-23-20(26)25-9-7-24(8-10-25)16-2-4-22-5-3-16/h2-5,13-14H,1,6-12H2,(H,23,26). The normalized spacial score (nSPS) is 16.0. The molecule has 148 valence electrons. The summed E-state index contributed by atoms with van der Waals surface area (Å²) in [6.45, 7) is 4.60. The molecule has 0 aliphatic carbocycles. The molecule has 7 nitrogen and oxygen atoms in total. The lowest BCUT2D eigenvalue weighted by atomic mass is 10.1. The lowest BCUT2D eigenvalue weighted by Gasteiger charge is -2.36. The molecule has 0 bridgehead atoms. The molecule has 3 heterocycles. The van der Waals surface area contributed by atoms with E-state index in [2.05, 4.69) is 15.2 Å². The largest absolute Gasteiger partial charge is 0.486 e. The number of aromatic nitrogens is 1. The first-order chi connectivity index (χ1) is 13.7. The fourth-order valence-corrected chi connectivity index (χ4v) is 3.74. The Morgan fingerprint density at radius 2 is 1.86 bits per heavy atom. The topological polar surface area (TPSA) is 66.9 Å². The van der Waals surface area contributed by atoms with Crippen molar-refractivity contribution in [2.75, 3.05) is 50.8 Å². The summed E-state index contributed by atoms with van der Waals surface area (Å²) in [6.07, 6.45) is 4.26. The summed E-state index contributed by atoms with van der Waals surface area (Å²) in [5, 5.41) is 3.55. The third-order valence-corrected chi connectivity index (χ3v) is 5.22. The third kappa shape index (κ3) is 4.25. The average Bonchev–Trinajstić information content (AvgIpc) is 2.74. The average molecular weight is 403 g/mol. The van der Waals surface area contributed by atoms with Crippen LogP contribution < -0.4 is 19.7 Å². The van der Waals surface area contributed by atoms with Crippen LogP contribution >= 0.6 is 11.6 Å². The van der Waals surface area contributed by atoms with Gasteiger partial charge in [-0.05, 0) is 36.2 Å². The monoisotopic (exact) mass is 402 g/mol. The molecule has 28 heavy (non-hydrogen) atoms. The molecule has 1 aromatic heterocycles. The lowest BCUT2D eigenvalue weighted by Crippen LogP contribution is -2.52. The molecule has 8 heteroatoms. The highest BCUT2D eigenvalue weighted by atomic mass is 35.5. The van der Waals surface area contributed by atoms with Gasteiger partial charge in [0.05, 0.1) is 5.02 Å². The van der Waals surface area contributed by atoms with Crippen LogP contribution in [0.4, 0.5) is 10.5 Å². The van der Waals surface area contributed by atoms with Crippen molar-refractivity contribution in [3.8, 4) is 11.5 Å². The zero-order valence-corrected chi connectivity index (χ0v) is 16.3. The number of hydrogen-bond acceptors (Lipinski definition) is 5. The Hall–Kier alpha value is -2.67. The highest BCUT2D eigenvalue weighted by Gasteiger charge is 2.21. The second-order valence-corrected chi connectivity index (χ2v) is 7.17. The number of carbonyl (C=O) groups excluding carboxylic acids is 1. The van der Waals surface area contributed by atoms with Crippen LogP contribution in [0.15, 0.2) is 36.7 Å². The molecular formula is C20H23ClN4O3. The van der Waals surface area contributed by atoms with Gasteiger partial charge in [-0.25, -0.2) is 4.79 Å². The number of amides is 2. The van der Waals surface area contributed by atoms with Gasteiger partial charge < -0.3 is 24.6 Å². The van der Waals surface area contributed by atoms with Crippen LogP contribution in [0.1, 0.15) is 5.56 Å². The Balaban J connectivity index is 1.25. The number of nitrogens with one attached hydrogen (secondary N) is 1. The van der Waals surface area contributed by atoms with E-state index in [1.54, 1.807) is 12.4 Å². The zero-order valence-electron chi connectivity index (χ0n) is 15.6. The van der Waals surface area contributed by atoms with Crippen molar-refractivity contribution < 1.29 is 14.3 Å². The van der Waals surface area contributed by atoms with Crippen molar-refractivity contribution in [3.63, 3.8) is 0 Å².